The van der Waals surface area contributed by atoms with Gasteiger partial charge in [-0.25, -0.2) is 4.79 Å². The van der Waals surface area contributed by atoms with Crippen molar-refractivity contribution in [3.05, 3.63) is 52.0 Å². The first-order valence-corrected chi connectivity index (χ1v) is 11.0. The predicted octanol–water partition coefficient (Wildman–Crippen LogP) is 3.14. The lowest BCUT2D eigenvalue weighted by molar-refractivity contribution is -0.138. The predicted molar refractivity (Wildman–Crippen MR) is 116 cm³/mol. The first kappa shape index (κ1) is 22.4. The lowest BCUT2D eigenvalue weighted by Crippen LogP contribution is -2.46. The van der Waals surface area contributed by atoms with Gasteiger partial charge in [-0.1, -0.05) is 12.1 Å². The SMILES string of the molecule is Cc1c(CNc2nc3nnc(C)n3c3c2CN(C(=O)N2CCOCC2)C3)cccc1C(F)(F)F. The minimum atomic E-state index is -4.42. The number of halogens is 3. The van der Waals surface area contributed by atoms with E-state index in [9.17, 15) is 18.0 Å². The number of ether oxygens (including phenoxy) is 1. The maximum Gasteiger partial charge on any atom is 0.416 e. The van der Waals surface area contributed by atoms with Gasteiger partial charge in [-0.3, -0.25) is 4.40 Å². The van der Waals surface area contributed by atoms with Gasteiger partial charge in [0.1, 0.15) is 11.6 Å². The highest BCUT2D eigenvalue weighted by Crippen LogP contribution is 2.34. The molecular formula is C22H24F3N7O2. The first-order chi connectivity index (χ1) is 16.2. The van der Waals surface area contributed by atoms with Crippen LogP contribution in [0.2, 0.25) is 0 Å². The molecule has 2 aliphatic heterocycles. The van der Waals surface area contributed by atoms with Crippen LogP contribution in [0.25, 0.3) is 5.78 Å². The van der Waals surface area contributed by atoms with Crippen LogP contribution in [-0.4, -0.2) is 61.7 Å². The van der Waals surface area contributed by atoms with Gasteiger partial charge in [0.25, 0.3) is 5.78 Å². The maximum absolute atomic E-state index is 13.3. The summed E-state index contributed by atoms with van der Waals surface area (Å²) >= 11 is 0. The number of alkyl halides is 3. The highest BCUT2D eigenvalue weighted by Gasteiger charge is 2.34. The Kier molecular flexibility index (Phi) is 5.54. The van der Waals surface area contributed by atoms with Gasteiger partial charge < -0.3 is 19.9 Å². The second-order valence-electron chi connectivity index (χ2n) is 8.45. The molecule has 0 bridgehead atoms. The van der Waals surface area contributed by atoms with E-state index in [4.69, 9.17) is 4.74 Å². The molecule has 3 aromatic rings. The van der Waals surface area contributed by atoms with Gasteiger partial charge in [0.05, 0.1) is 37.6 Å². The number of benzene rings is 1. The van der Waals surface area contributed by atoms with Crippen LogP contribution in [-0.2, 0) is 30.5 Å². The van der Waals surface area contributed by atoms with Crippen molar-refractivity contribution in [2.75, 3.05) is 31.6 Å². The molecule has 1 saturated heterocycles. The summed E-state index contributed by atoms with van der Waals surface area (Å²) in [6, 6.07) is 4.05. The second kappa shape index (κ2) is 8.42. The van der Waals surface area contributed by atoms with Gasteiger partial charge in [0, 0.05) is 25.2 Å². The zero-order valence-corrected chi connectivity index (χ0v) is 18.8. The molecule has 34 heavy (non-hydrogen) atoms. The van der Waals surface area contributed by atoms with Crippen molar-refractivity contribution in [3.8, 4) is 0 Å². The zero-order valence-electron chi connectivity index (χ0n) is 18.8. The number of carbonyl (C=O) groups is 1. The van der Waals surface area contributed by atoms with E-state index >= 15 is 0 Å². The molecule has 180 valence electrons. The Balaban J connectivity index is 1.45. The third kappa shape index (κ3) is 3.91. The number of morpholine rings is 1. The number of nitrogens with zero attached hydrogens (tertiary/aromatic N) is 6. The van der Waals surface area contributed by atoms with E-state index in [-0.39, 0.29) is 18.1 Å². The van der Waals surface area contributed by atoms with E-state index < -0.39 is 11.7 Å². The summed E-state index contributed by atoms with van der Waals surface area (Å²) in [6.07, 6.45) is -4.42. The standard InChI is InChI=1S/C22H24F3N7O2/c1-13-15(4-3-5-17(13)22(23,24)25)10-26-19-16-11-31(21(33)30-6-8-34-9-7-30)12-18(16)32-14(2)28-29-20(32)27-19/h3-5H,6-12H2,1-2H3,(H,26,27,29). The Morgan fingerprint density at radius 2 is 1.88 bits per heavy atom. The highest BCUT2D eigenvalue weighted by atomic mass is 19.4. The molecule has 0 unspecified atom stereocenters. The summed E-state index contributed by atoms with van der Waals surface area (Å²) in [5, 5.41) is 11.4. The molecule has 0 spiro atoms. The Labute approximate surface area is 193 Å². The number of fused-ring (bicyclic) bond motifs is 3. The molecule has 0 atom stereocenters. The van der Waals surface area contributed by atoms with Crippen molar-refractivity contribution in [1.29, 1.82) is 0 Å². The molecule has 1 aromatic carbocycles. The van der Waals surface area contributed by atoms with Crippen molar-refractivity contribution in [1.82, 2.24) is 29.4 Å². The summed E-state index contributed by atoms with van der Waals surface area (Å²) in [5.41, 5.74) is 1.68. The smallest absolute Gasteiger partial charge is 0.378 e. The number of urea groups is 1. The maximum atomic E-state index is 13.3. The minimum Gasteiger partial charge on any atom is -0.378 e. The lowest BCUT2D eigenvalue weighted by atomic mass is 10.0. The molecule has 5 rings (SSSR count). The van der Waals surface area contributed by atoms with Crippen LogP contribution in [0.1, 0.15) is 33.8 Å². The van der Waals surface area contributed by atoms with Crippen LogP contribution < -0.4 is 5.32 Å². The molecule has 2 aliphatic rings. The lowest BCUT2D eigenvalue weighted by Gasteiger charge is -2.30. The fourth-order valence-corrected chi connectivity index (χ4v) is 4.54. The van der Waals surface area contributed by atoms with E-state index in [1.165, 1.54) is 13.0 Å². The van der Waals surface area contributed by atoms with E-state index in [0.717, 1.165) is 17.3 Å². The normalized spacial score (nSPS) is 16.3. The Bertz CT molecular complexity index is 1250. The number of rotatable bonds is 3. The molecular weight excluding hydrogens is 451 g/mol. The average Bonchev–Trinajstić information content (AvgIpc) is 3.41. The van der Waals surface area contributed by atoms with Gasteiger partial charge >= 0.3 is 12.2 Å². The summed E-state index contributed by atoms with van der Waals surface area (Å²) in [6.45, 7) is 6.19. The number of hydrogen-bond donors (Lipinski definition) is 1. The molecule has 0 aliphatic carbocycles. The van der Waals surface area contributed by atoms with Gasteiger partial charge in [-0.15, -0.1) is 10.2 Å². The quantitative estimate of drug-likeness (QED) is 0.626. The largest absolute Gasteiger partial charge is 0.416 e. The van der Waals surface area contributed by atoms with Crippen LogP contribution in [0.4, 0.5) is 23.8 Å². The van der Waals surface area contributed by atoms with Crippen molar-refractivity contribution >= 4 is 17.6 Å². The fourth-order valence-electron chi connectivity index (χ4n) is 4.54. The van der Waals surface area contributed by atoms with Crippen LogP contribution in [0, 0.1) is 13.8 Å². The van der Waals surface area contributed by atoms with Crippen molar-refractivity contribution in [2.24, 2.45) is 0 Å². The van der Waals surface area contributed by atoms with Crippen molar-refractivity contribution in [2.45, 2.75) is 39.7 Å². The molecule has 1 fully saturated rings. The van der Waals surface area contributed by atoms with Crippen LogP contribution in [0.3, 0.4) is 0 Å². The van der Waals surface area contributed by atoms with Gasteiger partial charge in [-0.2, -0.15) is 18.2 Å². The van der Waals surface area contributed by atoms with Crippen LogP contribution in [0.15, 0.2) is 18.2 Å². The number of anilines is 1. The summed E-state index contributed by atoms with van der Waals surface area (Å²) < 4.78 is 47.1. The van der Waals surface area contributed by atoms with Gasteiger partial charge in [-0.05, 0) is 31.0 Å². The second-order valence-corrected chi connectivity index (χ2v) is 8.45. The van der Waals surface area contributed by atoms with Crippen LogP contribution in [0.5, 0.6) is 0 Å². The monoisotopic (exact) mass is 475 g/mol. The molecule has 4 heterocycles. The Morgan fingerprint density at radius 1 is 1.12 bits per heavy atom. The molecule has 0 radical (unpaired) electrons. The molecule has 2 amide bonds. The number of nitrogens with one attached hydrogen (secondary N) is 1. The Hall–Kier alpha value is -3.41. The van der Waals surface area contributed by atoms with Crippen LogP contribution >= 0.6 is 0 Å². The van der Waals surface area contributed by atoms with E-state index in [1.54, 1.807) is 15.9 Å². The summed E-state index contributed by atoms with van der Waals surface area (Å²) in [4.78, 5) is 21.2. The molecule has 2 aromatic heterocycles. The number of amides is 2. The average molecular weight is 475 g/mol. The minimum absolute atomic E-state index is 0.0851. The van der Waals surface area contributed by atoms with Crippen molar-refractivity contribution < 1.29 is 22.7 Å². The fraction of sp³-hybridized carbons (Fsp3) is 0.455. The number of carbonyl (C=O) groups excluding carboxylic acids is 1. The van der Waals surface area contributed by atoms with E-state index in [1.807, 2.05) is 11.3 Å². The van der Waals surface area contributed by atoms with Gasteiger partial charge in [0.15, 0.2) is 0 Å². The first-order valence-electron chi connectivity index (χ1n) is 11.0. The number of aryl methyl sites for hydroxylation is 1. The zero-order chi connectivity index (χ0) is 24.0. The third-order valence-corrected chi connectivity index (χ3v) is 6.36. The Morgan fingerprint density at radius 3 is 2.62 bits per heavy atom. The molecule has 0 saturated carbocycles. The number of hydrogen-bond acceptors (Lipinski definition) is 6. The molecule has 12 heteroatoms. The summed E-state index contributed by atoms with van der Waals surface area (Å²) in [7, 11) is 0. The third-order valence-electron chi connectivity index (χ3n) is 6.36. The van der Waals surface area contributed by atoms with Crippen molar-refractivity contribution in [3.63, 3.8) is 0 Å². The molecule has 9 nitrogen and oxygen atoms in total. The van der Waals surface area contributed by atoms with E-state index in [2.05, 4.69) is 20.5 Å². The van der Waals surface area contributed by atoms with Gasteiger partial charge in [0.2, 0.25) is 0 Å². The number of aromatic nitrogens is 4. The summed E-state index contributed by atoms with van der Waals surface area (Å²) in [5.74, 6) is 1.52. The topological polar surface area (TPSA) is 87.9 Å². The highest BCUT2D eigenvalue weighted by molar-refractivity contribution is 5.76. The van der Waals surface area contributed by atoms with E-state index in [0.29, 0.717) is 62.4 Å². The molecule has 1 N–H and O–H groups in total.